The molecule has 0 saturated carbocycles. The molecule has 2 aromatic carbocycles. The number of carbonyl (C=O) groups excluding carboxylic acids is 2. The molecule has 132 valence electrons. The van der Waals surface area contributed by atoms with E-state index in [-0.39, 0.29) is 11.3 Å². The molecule has 0 aliphatic carbocycles. The van der Waals surface area contributed by atoms with Crippen LogP contribution < -0.4 is 0 Å². The van der Waals surface area contributed by atoms with Crippen LogP contribution in [-0.2, 0) is 14.3 Å². The van der Waals surface area contributed by atoms with Gasteiger partial charge >= 0.3 is 5.97 Å². The minimum atomic E-state index is -0.505. The molecule has 0 unspecified atom stereocenters. The summed E-state index contributed by atoms with van der Waals surface area (Å²) in [4.78, 5) is 26.6. The van der Waals surface area contributed by atoms with Crippen molar-refractivity contribution in [2.75, 3.05) is 5.75 Å². The maximum atomic E-state index is 13.0. The van der Waals surface area contributed by atoms with Gasteiger partial charge in [-0.25, -0.2) is 4.79 Å². The summed E-state index contributed by atoms with van der Waals surface area (Å²) in [5.74, 6) is 0.309. The van der Waals surface area contributed by atoms with Crippen molar-refractivity contribution in [1.82, 2.24) is 4.90 Å². The first kappa shape index (κ1) is 16.9. The first-order chi connectivity index (χ1) is 12.6. The maximum Gasteiger partial charge on any atom is 0.356 e. The highest BCUT2D eigenvalue weighted by Gasteiger charge is 2.45. The van der Waals surface area contributed by atoms with Crippen LogP contribution in [0.3, 0.4) is 0 Å². The first-order valence-corrected chi connectivity index (χ1v) is 9.64. The van der Waals surface area contributed by atoms with E-state index in [9.17, 15) is 9.59 Å². The van der Waals surface area contributed by atoms with Crippen LogP contribution in [0.4, 0.5) is 0 Å². The van der Waals surface area contributed by atoms with Gasteiger partial charge in [0.15, 0.2) is 6.10 Å². The van der Waals surface area contributed by atoms with Gasteiger partial charge in [-0.1, -0.05) is 60.7 Å². The fraction of sp³-hybridized carbons (Fsp3) is 0.238. The van der Waals surface area contributed by atoms with Crippen molar-refractivity contribution in [3.63, 3.8) is 0 Å². The van der Waals surface area contributed by atoms with E-state index in [1.807, 2.05) is 67.6 Å². The Morgan fingerprint density at radius 1 is 1.08 bits per heavy atom. The zero-order chi connectivity index (χ0) is 18.1. The zero-order valence-electron chi connectivity index (χ0n) is 14.4. The summed E-state index contributed by atoms with van der Waals surface area (Å²) in [6, 6.07) is 19.4. The molecule has 1 fully saturated rings. The number of hydrogen-bond acceptors (Lipinski definition) is 4. The molecule has 2 heterocycles. The van der Waals surface area contributed by atoms with Crippen molar-refractivity contribution < 1.29 is 14.3 Å². The van der Waals surface area contributed by atoms with Crippen molar-refractivity contribution in [2.45, 2.75) is 24.8 Å². The van der Waals surface area contributed by atoms with Gasteiger partial charge < -0.3 is 4.74 Å². The third kappa shape index (κ3) is 3.03. The number of β-lactam (4-membered cyclic amide) rings is 1. The number of esters is 1. The Bertz CT molecular complexity index is 824. The van der Waals surface area contributed by atoms with Gasteiger partial charge in [-0.05, 0) is 23.6 Å². The van der Waals surface area contributed by atoms with Gasteiger partial charge in [0.1, 0.15) is 5.70 Å². The van der Waals surface area contributed by atoms with E-state index in [0.717, 1.165) is 22.5 Å². The summed E-state index contributed by atoms with van der Waals surface area (Å²) >= 11 is 1.70. The molecule has 1 atom stereocenters. The number of thioether (sulfide) groups is 1. The molecule has 2 aliphatic heterocycles. The van der Waals surface area contributed by atoms with E-state index in [1.165, 1.54) is 0 Å². The highest BCUT2D eigenvalue weighted by molar-refractivity contribution is 8.00. The molecule has 0 radical (unpaired) electrons. The van der Waals surface area contributed by atoms with Crippen LogP contribution in [0, 0.1) is 0 Å². The summed E-state index contributed by atoms with van der Waals surface area (Å²) < 4.78 is 5.93. The van der Waals surface area contributed by atoms with Crippen molar-refractivity contribution in [1.29, 1.82) is 0 Å². The fourth-order valence-corrected chi connectivity index (χ4v) is 4.52. The monoisotopic (exact) mass is 365 g/mol. The Labute approximate surface area is 156 Å². The second-order valence-electron chi connectivity index (χ2n) is 6.47. The van der Waals surface area contributed by atoms with Gasteiger partial charge in [0, 0.05) is 5.75 Å². The fourth-order valence-electron chi connectivity index (χ4n) is 3.30. The summed E-state index contributed by atoms with van der Waals surface area (Å²) in [6.07, 6.45) is -0.00943. The molecule has 0 N–H and O–H groups in total. The Morgan fingerprint density at radius 3 is 2.19 bits per heavy atom. The van der Waals surface area contributed by atoms with E-state index in [0.29, 0.717) is 12.1 Å². The van der Waals surface area contributed by atoms with E-state index < -0.39 is 12.1 Å². The summed E-state index contributed by atoms with van der Waals surface area (Å²) in [5, 5.41) is 0.0700. The topological polar surface area (TPSA) is 46.6 Å². The number of fused-ring (bicyclic) bond motifs is 1. The second-order valence-corrected chi connectivity index (χ2v) is 7.64. The molecule has 0 bridgehead atoms. The van der Waals surface area contributed by atoms with Gasteiger partial charge in [0.25, 0.3) is 0 Å². The third-order valence-electron chi connectivity index (χ3n) is 4.67. The molecular weight excluding hydrogens is 346 g/mol. The van der Waals surface area contributed by atoms with Gasteiger partial charge in [-0.2, -0.15) is 0 Å². The predicted octanol–water partition coefficient (Wildman–Crippen LogP) is 3.90. The van der Waals surface area contributed by atoms with Crippen LogP contribution in [0.1, 0.15) is 30.6 Å². The summed E-state index contributed by atoms with van der Waals surface area (Å²) in [6.45, 7) is 1.89. The summed E-state index contributed by atoms with van der Waals surface area (Å²) in [5.41, 5.74) is 3.12. The molecule has 1 amide bonds. The van der Waals surface area contributed by atoms with Crippen molar-refractivity contribution in [3.05, 3.63) is 83.1 Å². The highest BCUT2D eigenvalue weighted by atomic mass is 32.2. The lowest BCUT2D eigenvalue weighted by Crippen LogP contribution is -2.54. The Kier molecular flexibility index (Phi) is 4.55. The third-order valence-corrected chi connectivity index (χ3v) is 6.03. The zero-order valence-corrected chi connectivity index (χ0v) is 15.2. The van der Waals surface area contributed by atoms with Crippen LogP contribution in [-0.4, -0.2) is 27.9 Å². The van der Waals surface area contributed by atoms with Crippen LogP contribution in [0.15, 0.2) is 71.9 Å². The maximum absolute atomic E-state index is 13.0. The SMILES string of the molecule is CC1=C(C(=O)OC(c2ccccc2)c2ccccc2)N2C(=O)C[C@@H]2SC1. The number of ether oxygens (including phenoxy) is 1. The Balaban J connectivity index is 1.66. The number of carbonyl (C=O) groups is 2. The average Bonchev–Trinajstić information content (AvgIpc) is 2.67. The van der Waals surface area contributed by atoms with Crippen LogP contribution in [0.5, 0.6) is 0 Å². The minimum Gasteiger partial charge on any atom is -0.448 e. The smallest absolute Gasteiger partial charge is 0.356 e. The molecule has 2 aromatic rings. The molecule has 4 nitrogen and oxygen atoms in total. The standard InChI is InChI=1S/C21H19NO3S/c1-14-13-26-18-12-17(23)22(18)19(14)21(24)25-20(15-8-4-2-5-9-15)16-10-6-3-7-11-16/h2-11,18,20H,12-13H2,1H3/t18-/m0/s1. The number of nitrogens with zero attached hydrogens (tertiary/aromatic N) is 1. The molecule has 0 aromatic heterocycles. The lowest BCUT2D eigenvalue weighted by molar-refractivity contribution is -0.151. The molecule has 0 spiro atoms. The number of rotatable bonds is 4. The quantitative estimate of drug-likeness (QED) is 0.609. The molecular formula is C21H19NO3S. The number of hydrogen-bond donors (Lipinski definition) is 0. The molecule has 1 saturated heterocycles. The highest BCUT2D eigenvalue weighted by Crippen LogP contribution is 2.40. The van der Waals surface area contributed by atoms with Gasteiger partial charge in [-0.3, -0.25) is 9.69 Å². The molecule has 5 heteroatoms. The van der Waals surface area contributed by atoms with E-state index >= 15 is 0 Å². The van der Waals surface area contributed by atoms with Crippen LogP contribution in [0.25, 0.3) is 0 Å². The van der Waals surface area contributed by atoms with E-state index in [4.69, 9.17) is 4.74 Å². The van der Waals surface area contributed by atoms with E-state index in [2.05, 4.69) is 0 Å². The van der Waals surface area contributed by atoms with Crippen LogP contribution in [0.2, 0.25) is 0 Å². The molecule has 26 heavy (non-hydrogen) atoms. The van der Waals surface area contributed by atoms with Gasteiger partial charge in [0.05, 0.1) is 11.8 Å². The minimum absolute atomic E-state index is 0.00975. The normalized spacial score (nSPS) is 19.2. The van der Waals surface area contributed by atoms with Crippen molar-refractivity contribution in [3.8, 4) is 0 Å². The lowest BCUT2D eigenvalue weighted by Gasteiger charge is -2.44. The average molecular weight is 365 g/mol. The van der Waals surface area contributed by atoms with Crippen molar-refractivity contribution >= 4 is 23.6 Å². The Morgan fingerprint density at radius 2 is 1.65 bits per heavy atom. The largest absolute Gasteiger partial charge is 0.448 e. The first-order valence-electron chi connectivity index (χ1n) is 8.59. The number of amides is 1. The molecule has 4 rings (SSSR count). The lowest BCUT2D eigenvalue weighted by atomic mass is 10.0. The molecule has 2 aliphatic rings. The summed E-state index contributed by atoms with van der Waals surface area (Å²) in [7, 11) is 0. The van der Waals surface area contributed by atoms with Gasteiger partial charge in [-0.15, -0.1) is 11.8 Å². The van der Waals surface area contributed by atoms with Crippen molar-refractivity contribution in [2.24, 2.45) is 0 Å². The van der Waals surface area contributed by atoms with Gasteiger partial charge in [0.2, 0.25) is 5.91 Å². The van der Waals surface area contributed by atoms with E-state index in [1.54, 1.807) is 16.7 Å². The predicted molar refractivity (Wildman–Crippen MR) is 101 cm³/mol. The van der Waals surface area contributed by atoms with Crippen LogP contribution >= 0.6 is 11.8 Å². The Hall–Kier alpha value is -2.53. The number of benzene rings is 2. The second kappa shape index (κ2) is 7.00.